The average molecular weight is 582 g/mol. The van der Waals surface area contributed by atoms with Crippen molar-refractivity contribution in [1.29, 1.82) is 0 Å². The van der Waals surface area contributed by atoms with E-state index in [0.29, 0.717) is 6.42 Å². The van der Waals surface area contributed by atoms with Crippen LogP contribution in [0.4, 0.5) is 0 Å². The number of cyclic esters (lactones) is 1. The number of carbonyl (C=O) groups excluding carboxylic acids is 5. The van der Waals surface area contributed by atoms with E-state index in [1.165, 1.54) is 11.0 Å². The van der Waals surface area contributed by atoms with Crippen LogP contribution in [-0.4, -0.2) is 64.7 Å². The maximum Gasteiger partial charge on any atom is 0.355 e. The first-order chi connectivity index (χ1) is 20.0. The summed E-state index contributed by atoms with van der Waals surface area (Å²) in [7, 11) is 0. The number of hydrogen-bond donors (Lipinski definition) is 1. The Kier molecular flexibility index (Phi) is 11.6. The molecule has 2 amide bonds. The van der Waals surface area contributed by atoms with E-state index in [4.69, 9.17) is 13.9 Å². The van der Waals surface area contributed by atoms with Crippen molar-refractivity contribution in [2.24, 2.45) is 11.8 Å². The highest BCUT2D eigenvalue weighted by Gasteiger charge is 2.33. The molecule has 0 aliphatic carbocycles. The number of carbonyl (C=O) groups is 5. The maximum absolute atomic E-state index is 13.3. The third-order valence-electron chi connectivity index (χ3n) is 6.75. The molecule has 226 valence electrons. The zero-order valence-corrected chi connectivity index (χ0v) is 24.8. The lowest BCUT2D eigenvalue weighted by Crippen LogP contribution is -2.36. The van der Waals surface area contributed by atoms with Gasteiger partial charge in [0, 0.05) is 31.8 Å². The molecular formula is C31H39N3O8. The second-order valence-corrected chi connectivity index (χ2v) is 10.7. The highest BCUT2D eigenvalue weighted by molar-refractivity contribution is 6.00. The second kappa shape index (κ2) is 15.1. The Bertz CT molecular complexity index is 1300. The molecule has 11 nitrogen and oxygen atoms in total. The second-order valence-electron chi connectivity index (χ2n) is 10.7. The van der Waals surface area contributed by atoms with E-state index in [1.807, 2.05) is 20.8 Å². The molecule has 3 rings (SSSR count). The van der Waals surface area contributed by atoms with E-state index < -0.39 is 30.1 Å². The van der Waals surface area contributed by atoms with Crippen LogP contribution in [0.5, 0.6) is 0 Å². The summed E-state index contributed by atoms with van der Waals surface area (Å²) in [5.74, 6) is -2.60. The van der Waals surface area contributed by atoms with Crippen molar-refractivity contribution in [3.8, 4) is 0 Å². The Morgan fingerprint density at radius 3 is 2.69 bits per heavy atom. The van der Waals surface area contributed by atoms with Crippen molar-refractivity contribution in [3.05, 3.63) is 65.6 Å². The van der Waals surface area contributed by atoms with Gasteiger partial charge in [0.15, 0.2) is 5.69 Å². The number of rotatable bonds is 3. The minimum absolute atomic E-state index is 0.0337. The largest absolute Gasteiger partial charge is 0.458 e. The van der Waals surface area contributed by atoms with Crippen molar-refractivity contribution in [3.63, 3.8) is 0 Å². The number of ether oxygens (including phenoxy) is 2. The fraction of sp³-hybridized carbons (Fsp3) is 0.484. The van der Waals surface area contributed by atoms with Crippen molar-refractivity contribution in [2.45, 2.75) is 72.5 Å². The number of nitrogens with one attached hydrogen (secondary N) is 1. The first kappa shape index (κ1) is 32.2. The van der Waals surface area contributed by atoms with Crippen molar-refractivity contribution < 1.29 is 37.9 Å². The maximum atomic E-state index is 13.3. The summed E-state index contributed by atoms with van der Waals surface area (Å²) >= 11 is 0. The van der Waals surface area contributed by atoms with Crippen LogP contribution in [0.25, 0.3) is 0 Å². The number of allylic oxidation sites excluding steroid dienone is 2. The number of oxazole rings is 1. The van der Waals surface area contributed by atoms with Gasteiger partial charge in [0.05, 0.1) is 6.42 Å². The van der Waals surface area contributed by atoms with Crippen LogP contribution in [0.15, 0.2) is 58.4 Å². The monoisotopic (exact) mass is 581 g/mol. The van der Waals surface area contributed by atoms with Gasteiger partial charge in [-0.1, -0.05) is 57.6 Å². The number of fused-ring (bicyclic) bond motifs is 3. The first-order valence-electron chi connectivity index (χ1n) is 14.2. The number of aromatic nitrogens is 1. The lowest BCUT2D eigenvalue weighted by Gasteiger charge is -2.27. The number of nitrogens with zero attached hydrogens (tertiary/aromatic N) is 2. The minimum Gasteiger partial charge on any atom is -0.458 e. The van der Waals surface area contributed by atoms with Gasteiger partial charge in [-0.3, -0.25) is 19.2 Å². The van der Waals surface area contributed by atoms with Crippen LogP contribution in [0.3, 0.4) is 0 Å². The van der Waals surface area contributed by atoms with Crippen LogP contribution in [-0.2, 0) is 35.1 Å². The smallest absolute Gasteiger partial charge is 0.355 e. The lowest BCUT2D eigenvalue weighted by molar-refractivity contribution is -0.150. The highest BCUT2D eigenvalue weighted by atomic mass is 16.5. The number of ketones is 1. The van der Waals surface area contributed by atoms with Crippen LogP contribution in [0.2, 0.25) is 0 Å². The Morgan fingerprint density at radius 1 is 1.21 bits per heavy atom. The van der Waals surface area contributed by atoms with Crippen LogP contribution in [0, 0.1) is 11.8 Å². The molecule has 1 aromatic heterocycles. The number of Topliss-reactive ketones (excluding diaryl/α,β-unsaturated/α-hetero) is 1. The van der Waals surface area contributed by atoms with Crippen molar-refractivity contribution in [2.75, 3.05) is 13.1 Å². The predicted octanol–water partition coefficient (Wildman–Crippen LogP) is 3.62. The van der Waals surface area contributed by atoms with E-state index in [0.717, 1.165) is 11.8 Å². The Morgan fingerprint density at radius 2 is 1.98 bits per heavy atom. The van der Waals surface area contributed by atoms with Gasteiger partial charge in [-0.2, -0.15) is 0 Å². The van der Waals surface area contributed by atoms with Gasteiger partial charge in [-0.25, -0.2) is 9.78 Å². The zero-order chi connectivity index (χ0) is 30.8. The van der Waals surface area contributed by atoms with Gasteiger partial charge in [-0.05, 0) is 31.4 Å². The van der Waals surface area contributed by atoms with Gasteiger partial charge < -0.3 is 24.1 Å². The molecule has 3 atom stereocenters. The molecular weight excluding hydrogens is 542 g/mol. The molecule has 0 radical (unpaired) electrons. The Hall–Kier alpha value is -4.28. The molecule has 11 heteroatoms. The summed E-state index contributed by atoms with van der Waals surface area (Å²) in [4.78, 5) is 69.1. The molecule has 2 aliphatic heterocycles. The van der Waals surface area contributed by atoms with E-state index in [9.17, 15) is 24.0 Å². The van der Waals surface area contributed by atoms with Gasteiger partial charge in [0.2, 0.25) is 11.8 Å². The fourth-order valence-corrected chi connectivity index (χ4v) is 4.64. The molecule has 1 N–H and O–H groups in total. The van der Waals surface area contributed by atoms with E-state index in [1.54, 1.807) is 44.2 Å². The van der Waals surface area contributed by atoms with Gasteiger partial charge in [0.25, 0.3) is 5.91 Å². The number of amides is 2. The van der Waals surface area contributed by atoms with Crippen LogP contribution in [0.1, 0.15) is 70.3 Å². The molecule has 0 saturated heterocycles. The van der Waals surface area contributed by atoms with Crippen molar-refractivity contribution >= 4 is 29.5 Å². The number of hydrogen-bond acceptors (Lipinski definition) is 9. The summed E-state index contributed by atoms with van der Waals surface area (Å²) in [5, 5.41) is 2.76. The highest BCUT2D eigenvalue weighted by Crippen LogP contribution is 2.24. The molecule has 0 saturated carbocycles. The summed E-state index contributed by atoms with van der Waals surface area (Å²) in [6, 6.07) is 0. The summed E-state index contributed by atoms with van der Waals surface area (Å²) in [5.41, 5.74) is 0.788. The molecule has 0 fully saturated rings. The Labute approximate surface area is 245 Å². The molecule has 2 aliphatic rings. The zero-order valence-electron chi connectivity index (χ0n) is 24.8. The predicted molar refractivity (Wildman–Crippen MR) is 153 cm³/mol. The SMILES string of the molecule is CCC(=O)O[C@@H]1/C=C(C)/C=C/CNC(=O)/C=C/[C@@H](C)[C@@H](C(C)C)OC(=O)C2=CCCN2C(=O)c2coc(n2)CC(=O)C1. The molecule has 0 aromatic carbocycles. The molecule has 0 spiro atoms. The minimum atomic E-state index is -0.816. The van der Waals surface area contributed by atoms with E-state index in [2.05, 4.69) is 10.3 Å². The van der Waals surface area contributed by atoms with E-state index >= 15 is 0 Å². The lowest BCUT2D eigenvalue weighted by atomic mass is 9.94. The van der Waals surface area contributed by atoms with Crippen LogP contribution < -0.4 is 5.32 Å². The van der Waals surface area contributed by atoms with Gasteiger partial charge in [-0.15, -0.1) is 0 Å². The summed E-state index contributed by atoms with van der Waals surface area (Å²) in [6.45, 7) is 9.62. The first-order valence-corrected chi connectivity index (χ1v) is 14.2. The van der Waals surface area contributed by atoms with Gasteiger partial charge >= 0.3 is 11.9 Å². The third-order valence-corrected chi connectivity index (χ3v) is 6.75. The third kappa shape index (κ3) is 9.12. The fourth-order valence-electron chi connectivity index (χ4n) is 4.64. The normalized spacial score (nSPS) is 26.0. The quantitative estimate of drug-likeness (QED) is 0.529. The Balaban J connectivity index is 1.90. The molecule has 0 unspecified atom stereocenters. The topological polar surface area (TPSA) is 145 Å². The van der Waals surface area contributed by atoms with Gasteiger partial charge in [0.1, 0.15) is 30.0 Å². The summed E-state index contributed by atoms with van der Waals surface area (Å²) in [6.07, 6.45) is 9.94. The average Bonchev–Trinajstić information content (AvgIpc) is 3.61. The summed E-state index contributed by atoms with van der Waals surface area (Å²) < 4.78 is 16.7. The number of esters is 2. The molecule has 2 bridgehead atoms. The van der Waals surface area contributed by atoms with Crippen molar-refractivity contribution in [1.82, 2.24) is 15.2 Å². The standard InChI is InChI=1S/C31H39N3O8/c1-6-28(37)41-23-15-20(4)9-7-13-32-26(36)12-11-21(5)29(19(2)3)42-31(39)25-10-8-14-34(25)30(38)24-18-40-27(33-24)17-22(35)16-23/h7,9-12,15,18-19,21,23,29H,6,8,13-14,16-17H2,1-5H3,(H,32,36)/b9-7+,12-11+,20-15+/t21-,23-,29-/m1/s1. The molecule has 1 aromatic rings. The molecule has 3 heterocycles. The molecule has 42 heavy (non-hydrogen) atoms. The van der Waals surface area contributed by atoms with Crippen LogP contribution >= 0.6 is 0 Å². The van der Waals surface area contributed by atoms with E-state index in [-0.39, 0.29) is 73.2 Å².